The molecule has 0 aliphatic carbocycles. The molecule has 0 bridgehead atoms. The van der Waals surface area contributed by atoms with Crippen molar-refractivity contribution in [3.63, 3.8) is 0 Å². The summed E-state index contributed by atoms with van der Waals surface area (Å²) in [7, 11) is 0. The van der Waals surface area contributed by atoms with E-state index in [0.717, 1.165) is 12.3 Å². The summed E-state index contributed by atoms with van der Waals surface area (Å²) in [5.41, 5.74) is -5.13. The van der Waals surface area contributed by atoms with Crippen LogP contribution in [-0.2, 0) is 12.4 Å². The molecule has 1 amide bonds. The number of amides is 1. The molecule has 2 N–H and O–H groups in total. The molecule has 0 aliphatic heterocycles. The molecule has 0 aliphatic rings. The van der Waals surface area contributed by atoms with Crippen molar-refractivity contribution in [3.05, 3.63) is 87.3 Å². The highest BCUT2D eigenvalue weighted by atomic mass is 35.5. The number of halogens is 7. The van der Waals surface area contributed by atoms with E-state index in [1.165, 1.54) is 30.5 Å². The van der Waals surface area contributed by atoms with Gasteiger partial charge in [-0.1, -0.05) is 17.7 Å². The van der Waals surface area contributed by atoms with Gasteiger partial charge in [-0.15, -0.1) is 0 Å². The fraction of sp³-hybridized carbons (Fsp3) is 0.0909. The Morgan fingerprint density at radius 3 is 2.43 bits per heavy atom. The SMILES string of the molecule is O=C(Nc1cc(C(F)(F)F)n2ncc(Cl)c2c1)c1cnn(-c2cccc3c(=O)[nH]ccc23)c1C(F)(F)F. The first-order valence-electron chi connectivity index (χ1n) is 10.2. The van der Waals surface area contributed by atoms with Gasteiger partial charge in [-0.25, -0.2) is 9.20 Å². The Bertz CT molecular complexity index is 1750. The van der Waals surface area contributed by atoms with E-state index in [1.807, 2.05) is 0 Å². The molecule has 0 saturated carbocycles. The molecule has 4 heterocycles. The number of nitrogens with zero attached hydrogens (tertiary/aromatic N) is 4. The van der Waals surface area contributed by atoms with Gasteiger partial charge in [-0.2, -0.15) is 36.5 Å². The van der Waals surface area contributed by atoms with Crippen molar-refractivity contribution >= 4 is 39.5 Å². The smallest absolute Gasteiger partial charge is 0.329 e. The Kier molecular flexibility index (Phi) is 5.51. The highest BCUT2D eigenvalue weighted by Crippen LogP contribution is 2.36. The minimum atomic E-state index is -5.11. The minimum absolute atomic E-state index is 0.0836. The van der Waals surface area contributed by atoms with Crippen LogP contribution in [0.15, 0.2) is 59.8 Å². The number of H-pyrrole nitrogens is 1. The number of fused-ring (bicyclic) bond motifs is 2. The van der Waals surface area contributed by atoms with Crippen LogP contribution in [0.2, 0.25) is 5.02 Å². The molecule has 0 saturated heterocycles. The lowest BCUT2D eigenvalue weighted by molar-refractivity contribution is -0.143. The molecule has 5 rings (SSSR count). The standard InChI is InChI=1S/C22H11ClF6N6O2/c23-14-9-32-34-16(14)6-10(7-17(34)21(24,25)26)33-20(37)13-8-31-35(18(13)22(27,28)29)15-3-1-2-12-11(15)4-5-30-19(12)36/h1-9H,(H,30,36)(H,33,37). The van der Waals surface area contributed by atoms with E-state index in [2.05, 4.69) is 20.5 Å². The third-order valence-corrected chi connectivity index (χ3v) is 5.71. The maximum absolute atomic E-state index is 14.2. The van der Waals surface area contributed by atoms with Crippen molar-refractivity contribution in [1.82, 2.24) is 24.4 Å². The Balaban J connectivity index is 1.63. The molecule has 8 nitrogen and oxygen atoms in total. The highest BCUT2D eigenvalue weighted by Gasteiger charge is 2.41. The molecule has 0 atom stereocenters. The molecule has 37 heavy (non-hydrogen) atoms. The largest absolute Gasteiger partial charge is 0.434 e. The van der Waals surface area contributed by atoms with E-state index in [9.17, 15) is 35.9 Å². The quantitative estimate of drug-likeness (QED) is 0.303. The number of benzene rings is 1. The third-order valence-electron chi connectivity index (χ3n) is 5.42. The van der Waals surface area contributed by atoms with E-state index in [4.69, 9.17) is 11.6 Å². The second kappa shape index (κ2) is 8.37. The summed E-state index contributed by atoms with van der Waals surface area (Å²) in [6.45, 7) is 0. The average Bonchev–Trinajstić information content (AvgIpc) is 3.42. The number of carbonyl (C=O) groups excluding carboxylic acids is 1. The van der Waals surface area contributed by atoms with Crippen LogP contribution >= 0.6 is 11.6 Å². The van der Waals surface area contributed by atoms with E-state index in [0.29, 0.717) is 21.5 Å². The van der Waals surface area contributed by atoms with Crippen LogP contribution in [0.25, 0.3) is 22.0 Å². The lowest BCUT2D eigenvalue weighted by Crippen LogP contribution is -2.21. The van der Waals surface area contributed by atoms with Crippen LogP contribution in [0, 0.1) is 0 Å². The zero-order valence-electron chi connectivity index (χ0n) is 17.9. The Hall–Kier alpha value is -4.33. The second-order valence-corrected chi connectivity index (χ2v) is 8.14. The molecule has 15 heteroatoms. The summed E-state index contributed by atoms with van der Waals surface area (Å²) in [5, 5.41) is 9.36. The van der Waals surface area contributed by atoms with Crippen LogP contribution < -0.4 is 10.9 Å². The molecule has 0 unspecified atom stereocenters. The van der Waals surface area contributed by atoms with E-state index in [-0.39, 0.29) is 27.0 Å². The van der Waals surface area contributed by atoms with Crippen LogP contribution in [-0.4, -0.2) is 30.3 Å². The summed E-state index contributed by atoms with van der Waals surface area (Å²) in [5.74, 6) is -1.37. The number of aromatic amines is 1. The van der Waals surface area contributed by atoms with Crippen LogP contribution in [0.5, 0.6) is 0 Å². The first-order valence-corrected chi connectivity index (χ1v) is 10.6. The van der Waals surface area contributed by atoms with Crippen molar-refractivity contribution in [3.8, 4) is 5.69 Å². The average molecular weight is 541 g/mol. The topological polar surface area (TPSA) is 97.1 Å². The monoisotopic (exact) mass is 540 g/mol. The van der Waals surface area contributed by atoms with Crippen LogP contribution in [0.1, 0.15) is 21.7 Å². The molecule has 0 fully saturated rings. The van der Waals surface area contributed by atoms with Gasteiger partial charge in [0.05, 0.1) is 34.2 Å². The first kappa shape index (κ1) is 24.4. The fourth-order valence-corrected chi connectivity index (χ4v) is 4.07. The predicted molar refractivity (Wildman–Crippen MR) is 120 cm³/mol. The summed E-state index contributed by atoms with van der Waals surface area (Å²) in [6.07, 6.45) is -7.18. The number of rotatable bonds is 3. The maximum atomic E-state index is 14.2. The number of hydrogen-bond donors (Lipinski definition) is 2. The van der Waals surface area contributed by atoms with E-state index >= 15 is 0 Å². The Labute approximate surface area is 206 Å². The van der Waals surface area contributed by atoms with E-state index in [1.54, 1.807) is 0 Å². The second-order valence-electron chi connectivity index (χ2n) is 7.73. The number of anilines is 1. The van der Waals surface area contributed by atoms with Gasteiger partial charge in [-0.3, -0.25) is 9.59 Å². The predicted octanol–water partition coefficient (Wildman–Crippen LogP) is 5.30. The number of carbonyl (C=O) groups is 1. The molecule has 4 aromatic heterocycles. The maximum Gasteiger partial charge on any atom is 0.434 e. The van der Waals surface area contributed by atoms with Crippen molar-refractivity contribution in [1.29, 1.82) is 0 Å². The molecular weight excluding hydrogens is 530 g/mol. The van der Waals surface area contributed by atoms with Crippen molar-refractivity contribution in [2.75, 3.05) is 5.32 Å². The third kappa shape index (κ3) is 4.18. The van der Waals surface area contributed by atoms with Crippen molar-refractivity contribution in [2.45, 2.75) is 12.4 Å². The van der Waals surface area contributed by atoms with Gasteiger partial charge in [-0.05, 0) is 30.3 Å². The van der Waals surface area contributed by atoms with Gasteiger partial charge < -0.3 is 10.3 Å². The Morgan fingerprint density at radius 1 is 0.973 bits per heavy atom. The van der Waals surface area contributed by atoms with Gasteiger partial charge in [0.25, 0.3) is 11.5 Å². The molecule has 5 aromatic rings. The minimum Gasteiger partial charge on any atom is -0.329 e. The van der Waals surface area contributed by atoms with Gasteiger partial charge in [0.2, 0.25) is 0 Å². The molecular formula is C22H11ClF6N6O2. The number of hydrogen-bond acceptors (Lipinski definition) is 4. The summed E-state index contributed by atoms with van der Waals surface area (Å²) in [4.78, 5) is 27.4. The highest BCUT2D eigenvalue weighted by molar-refractivity contribution is 6.33. The van der Waals surface area contributed by atoms with Gasteiger partial charge >= 0.3 is 12.4 Å². The Morgan fingerprint density at radius 2 is 1.73 bits per heavy atom. The van der Waals surface area contributed by atoms with E-state index < -0.39 is 46.5 Å². The van der Waals surface area contributed by atoms with Gasteiger partial charge in [0.1, 0.15) is 5.69 Å². The molecule has 0 spiro atoms. The summed E-state index contributed by atoms with van der Waals surface area (Å²) in [6, 6.07) is 6.95. The number of alkyl halides is 6. The number of nitrogens with one attached hydrogen (secondary N) is 2. The summed E-state index contributed by atoms with van der Waals surface area (Å²) < 4.78 is 84.0. The van der Waals surface area contributed by atoms with Crippen LogP contribution in [0.3, 0.4) is 0 Å². The van der Waals surface area contributed by atoms with Crippen LogP contribution in [0.4, 0.5) is 32.0 Å². The van der Waals surface area contributed by atoms with Gasteiger partial charge in [0, 0.05) is 22.7 Å². The molecule has 190 valence electrons. The van der Waals surface area contributed by atoms with Gasteiger partial charge in [0.15, 0.2) is 5.69 Å². The number of aromatic nitrogens is 5. The zero-order valence-corrected chi connectivity index (χ0v) is 18.7. The van der Waals surface area contributed by atoms with Crippen molar-refractivity contribution < 1.29 is 31.1 Å². The van der Waals surface area contributed by atoms with Crippen molar-refractivity contribution in [2.24, 2.45) is 0 Å². The lowest BCUT2D eigenvalue weighted by atomic mass is 10.1. The zero-order chi connectivity index (χ0) is 26.7. The first-order chi connectivity index (χ1) is 17.4. The normalized spacial score (nSPS) is 12.4. The fourth-order valence-electron chi connectivity index (χ4n) is 3.89. The molecule has 1 aromatic carbocycles. The summed E-state index contributed by atoms with van der Waals surface area (Å²) >= 11 is 5.89. The number of pyridine rings is 2. The lowest BCUT2D eigenvalue weighted by Gasteiger charge is -2.15. The molecule has 0 radical (unpaired) electrons.